The molecule has 0 saturated carbocycles. The summed E-state index contributed by atoms with van der Waals surface area (Å²) in [4.78, 5) is 21.7. The number of para-hydroxylation sites is 1. The van der Waals surface area contributed by atoms with Gasteiger partial charge in [-0.15, -0.1) is 0 Å². The number of thiazole rings is 1. The van der Waals surface area contributed by atoms with Crippen LogP contribution in [0.4, 0.5) is 0 Å². The zero-order valence-corrected chi connectivity index (χ0v) is 19.3. The Kier molecular flexibility index (Phi) is 5.34. The molecule has 32 heavy (non-hydrogen) atoms. The van der Waals surface area contributed by atoms with E-state index in [-0.39, 0.29) is 15.9 Å². The molecule has 0 aliphatic heterocycles. The van der Waals surface area contributed by atoms with Crippen molar-refractivity contribution in [1.82, 2.24) is 14.5 Å². The van der Waals surface area contributed by atoms with Crippen LogP contribution in [0, 0.1) is 4.84 Å². The number of hydrogen-bond donors (Lipinski definition) is 0. The Morgan fingerprint density at radius 1 is 1.09 bits per heavy atom. The van der Waals surface area contributed by atoms with Crippen LogP contribution >= 0.6 is 46.8 Å². The van der Waals surface area contributed by atoms with Crippen LogP contribution in [0.15, 0.2) is 57.9 Å². The molecular formula is C21H11Cl2N3O4S2. The van der Waals surface area contributed by atoms with Crippen molar-refractivity contribution in [2.45, 2.75) is 0 Å². The van der Waals surface area contributed by atoms with Crippen molar-refractivity contribution in [3.8, 4) is 22.4 Å². The number of halogens is 2. The molecule has 3 heterocycles. The maximum absolute atomic E-state index is 13.1. The molecule has 11 heteroatoms. The third kappa shape index (κ3) is 3.53. The molecule has 2 aromatic carbocycles. The fourth-order valence-corrected chi connectivity index (χ4v) is 4.72. The summed E-state index contributed by atoms with van der Waals surface area (Å²) in [6.07, 6.45) is 1.46. The Hall–Kier alpha value is -2.98. The summed E-state index contributed by atoms with van der Waals surface area (Å²) in [7, 11) is 1.47. The number of pyridine rings is 1. The molecule has 0 radical (unpaired) electrons. The summed E-state index contributed by atoms with van der Waals surface area (Å²) in [5, 5.41) is 1.11. The van der Waals surface area contributed by atoms with Gasteiger partial charge in [0.25, 0.3) is 10.4 Å². The van der Waals surface area contributed by atoms with Crippen LogP contribution in [0.5, 0.6) is 17.2 Å². The lowest BCUT2D eigenvalue weighted by atomic mass is 10.3. The van der Waals surface area contributed by atoms with Crippen LogP contribution in [-0.4, -0.2) is 21.6 Å². The number of nitrogens with zero attached hydrogens (tertiary/aromatic N) is 3. The minimum Gasteiger partial charge on any atom is -0.493 e. The fraction of sp³-hybridized carbons (Fsp3) is 0.0476. The van der Waals surface area contributed by atoms with Gasteiger partial charge in [-0.3, -0.25) is 4.79 Å². The van der Waals surface area contributed by atoms with E-state index in [2.05, 4.69) is 9.97 Å². The van der Waals surface area contributed by atoms with Crippen LogP contribution in [0.1, 0.15) is 0 Å². The summed E-state index contributed by atoms with van der Waals surface area (Å²) in [6, 6.07) is 12.0. The monoisotopic (exact) mass is 503 g/mol. The number of methoxy groups -OCH3 is 1. The van der Waals surface area contributed by atoms with Gasteiger partial charge in [0, 0.05) is 18.3 Å². The Balaban J connectivity index is 1.65. The summed E-state index contributed by atoms with van der Waals surface area (Å²) < 4.78 is 18.7. The van der Waals surface area contributed by atoms with Crippen LogP contribution < -0.4 is 15.0 Å². The van der Waals surface area contributed by atoms with Gasteiger partial charge in [0.15, 0.2) is 11.3 Å². The smallest absolute Gasteiger partial charge is 0.290 e. The van der Waals surface area contributed by atoms with Gasteiger partial charge < -0.3 is 13.9 Å². The molecule has 0 bridgehead atoms. The van der Waals surface area contributed by atoms with Gasteiger partial charge in [-0.05, 0) is 30.4 Å². The topological polar surface area (TPSA) is 79.4 Å². The maximum Gasteiger partial charge on any atom is 0.290 e. The predicted molar refractivity (Wildman–Crippen MR) is 127 cm³/mol. The lowest BCUT2D eigenvalue weighted by Gasteiger charge is -2.08. The van der Waals surface area contributed by atoms with Crippen LogP contribution in [0.25, 0.3) is 26.4 Å². The fourth-order valence-electron chi connectivity index (χ4n) is 3.07. The highest BCUT2D eigenvalue weighted by Crippen LogP contribution is 2.38. The molecule has 0 atom stereocenters. The number of hydrogen-bond acceptors (Lipinski definition) is 8. The molecule has 0 aliphatic carbocycles. The first-order valence-corrected chi connectivity index (χ1v) is 11.1. The van der Waals surface area contributed by atoms with E-state index >= 15 is 0 Å². The van der Waals surface area contributed by atoms with Gasteiger partial charge in [0.1, 0.15) is 11.5 Å². The summed E-state index contributed by atoms with van der Waals surface area (Å²) >= 11 is 19.1. The molecule has 5 aromatic rings. The first kappa shape index (κ1) is 20.9. The Labute approximate surface area is 199 Å². The van der Waals surface area contributed by atoms with Crippen molar-refractivity contribution >= 4 is 68.1 Å². The molecule has 0 fully saturated rings. The molecule has 0 amide bonds. The van der Waals surface area contributed by atoms with Gasteiger partial charge in [0.05, 0.1) is 27.4 Å². The van der Waals surface area contributed by atoms with Crippen LogP contribution in [-0.2, 0) is 0 Å². The highest BCUT2D eigenvalue weighted by molar-refractivity contribution is 7.71. The third-order valence-electron chi connectivity index (χ3n) is 4.54. The van der Waals surface area contributed by atoms with E-state index in [0.717, 1.165) is 4.70 Å². The quantitative estimate of drug-likeness (QED) is 0.261. The normalized spacial score (nSPS) is 11.2. The molecule has 5 rings (SSSR count). The van der Waals surface area contributed by atoms with Crippen molar-refractivity contribution in [2.75, 3.05) is 7.11 Å². The van der Waals surface area contributed by atoms with Crippen molar-refractivity contribution in [3.63, 3.8) is 0 Å². The van der Waals surface area contributed by atoms with E-state index in [1.165, 1.54) is 29.2 Å². The standard InChI is InChI=1S/C21H11Cl2N3O4S2/c1-28-14-6-7-24-17-18(14)30-21(31)26(19(17)27)20-25-12-8-11(23)15(9-16(12)32-20)29-13-5-3-2-4-10(13)22/h2-9H,1H3. The molecule has 7 nitrogen and oxygen atoms in total. The van der Waals surface area contributed by atoms with Gasteiger partial charge in [-0.2, -0.15) is 0 Å². The maximum atomic E-state index is 13.1. The minimum atomic E-state index is -0.465. The zero-order valence-electron chi connectivity index (χ0n) is 16.2. The lowest BCUT2D eigenvalue weighted by Crippen LogP contribution is -2.20. The van der Waals surface area contributed by atoms with Crippen LogP contribution in [0.3, 0.4) is 0 Å². The molecule has 3 aromatic heterocycles. The van der Waals surface area contributed by atoms with E-state index in [1.54, 1.807) is 36.4 Å². The predicted octanol–water partition coefficient (Wildman–Crippen LogP) is 6.43. The van der Waals surface area contributed by atoms with Gasteiger partial charge in [0.2, 0.25) is 10.7 Å². The summed E-state index contributed by atoms with van der Waals surface area (Å²) in [5.41, 5.74) is 0.369. The number of benzene rings is 2. The van der Waals surface area contributed by atoms with Crippen molar-refractivity contribution in [3.05, 3.63) is 73.9 Å². The second-order valence-electron chi connectivity index (χ2n) is 6.48. The second-order valence-corrected chi connectivity index (χ2v) is 8.65. The molecule has 0 spiro atoms. The first-order chi connectivity index (χ1) is 15.5. The van der Waals surface area contributed by atoms with Crippen molar-refractivity contribution in [1.29, 1.82) is 0 Å². The first-order valence-electron chi connectivity index (χ1n) is 9.08. The van der Waals surface area contributed by atoms with E-state index in [4.69, 9.17) is 49.3 Å². The summed E-state index contributed by atoms with van der Waals surface area (Å²) in [5.74, 6) is 1.24. The molecular weight excluding hydrogens is 493 g/mol. The van der Waals surface area contributed by atoms with E-state index in [0.29, 0.717) is 37.9 Å². The SMILES string of the molecule is COc1ccnc2c(=O)n(-c3nc4cc(Cl)c(Oc5ccccc5Cl)cc4s3)c(=S)oc12. The summed E-state index contributed by atoms with van der Waals surface area (Å²) in [6.45, 7) is 0. The number of fused-ring (bicyclic) bond motifs is 2. The Bertz CT molecular complexity index is 1630. The largest absolute Gasteiger partial charge is 0.493 e. The lowest BCUT2D eigenvalue weighted by molar-refractivity contribution is 0.404. The number of rotatable bonds is 4. The average Bonchev–Trinajstić information content (AvgIpc) is 3.17. The van der Waals surface area contributed by atoms with Crippen LogP contribution in [0.2, 0.25) is 10.0 Å². The van der Waals surface area contributed by atoms with Gasteiger partial charge >= 0.3 is 0 Å². The molecule has 160 valence electrons. The van der Waals surface area contributed by atoms with E-state index < -0.39 is 5.56 Å². The second kappa shape index (κ2) is 8.18. The highest BCUT2D eigenvalue weighted by Gasteiger charge is 2.18. The highest BCUT2D eigenvalue weighted by atomic mass is 35.5. The third-order valence-corrected chi connectivity index (χ3v) is 6.42. The number of aromatic nitrogens is 3. The van der Waals surface area contributed by atoms with Crippen molar-refractivity contribution in [2.24, 2.45) is 0 Å². The molecule has 0 unspecified atom stereocenters. The Morgan fingerprint density at radius 3 is 2.69 bits per heavy atom. The minimum absolute atomic E-state index is 0.0773. The van der Waals surface area contributed by atoms with Gasteiger partial charge in [-0.25, -0.2) is 14.5 Å². The number of ether oxygens (including phenoxy) is 2. The zero-order chi connectivity index (χ0) is 22.4. The van der Waals surface area contributed by atoms with E-state index in [1.807, 2.05) is 6.07 Å². The van der Waals surface area contributed by atoms with Crippen molar-refractivity contribution < 1.29 is 13.9 Å². The van der Waals surface area contributed by atoms with E-state index in [9.17, 15) is 4.79 Å². The average molecular weight is 504 g/mol. The molecule has 0 saturated heterocycles. The van der Waals surface area contributed by atoms with Gasteiger partial charge in [-0.1, -0.05) is 46.7 Å². The molecule has 0 aliphatic rings. The molecule has 0 N–H and O–H groups in total. The Morgan fingerprint density at radius 2 is 1.91 bits per heavy atom.